The van der Waals surface area contributed by atoms with Crippen LogP contribution in [-0.2, 0) is 4.74 Å². The lowest BCUT2D eigenvalue weighted by Crippen LogP contribution is -2.25. The standard InChI is InChI=1S/C17H27NO3/c1-5-9-18-15-12-21-16-11-13(6-7-14(15)16)20-10-8-17(2,3)19-4/h6-7,11,15,18H,5,8-10,12H2,1-4H3. The Labute approximate surface area is 127 Å². The van der Waals surface area contributed by atoms with E-state index in [-0.39, 0.29) is 5.60 Å². The summed E-state index contributed by atoms with van der Waals surface area (Å²) in [5.41, 5.74) is 1.08. The first kappa shape index (κ1) is 16.1. The van der Waals surface area contributed by atoms with Crippen molar-refractivity contribution < 1.29 is 14.2 Å². The average molecular weight is 293 g/mol. The highest BCUT2D eigenvalue weighted by molar-refractivity contribution is 5.45. The highest BCUT2D eigenvalue weighted by Gasteiger charge is 2.24. The molecule has 0 saturated heterocycles. The lowest BCUT2D eigenvalue weighted by molar-refractivity contribution is 0.00545. The Morgan fingerprint density at radius 1 is 1.38 bits per heavy atom. The minimum absolute atomic E-state index is 0.150. The van der Waals surface area contributed by atoms with E-state index in [1.165, 1.54) is 5.56 Å². The molecular formula is C17H27NO3. The van der Waals surface area contributed by atoms with E-state index in [0.29, 0.717) is 19.3 Å². The van der Waals surface area contributed by atoms with Crippen LogP contribution >= 0.6 is 0 Å². The molecule has 1 unspecified atom stereocenters. The maximum atomic E-state index is 5.80. The minimum Gasteiger partial charge on any atom is -0.493 e. The van der Waals surface area contributed by atoms with Crippen LogP contribution < -0.4 is 14.8 Å². The van der Waals surface area contributed by atoms with Crippen LogP contribution in [0.25, 0.3) is 0 Å². The zero-order valence-corrected chi connectivity index (χ0v) is 13.6. The van der Waals surface area contributed by atoms with Crippen molar-refractivity contribution in [3.8, 4) is 11.5 Å². The smallest absolute Gasteiger partial charge is 0.127 e. The van der Waals surface area contributed by atoms with Crippen LogP contribution in [0, 0.1) is 0 Å². The second-order valence-corrected chi connectivity index (χ2v) is 6.08. The molecule has 1 atom stereocenters. The second kappa shape index (κ2) is 7.14. The molecule has 0 amide bonds. The summed E-state index contributed by atoms with van der Waals surface area (Å²) in [5, 5.41) is 3.50. The Kier molecular flexibility index (Phi) is 5.48. The molecule has 4 heteroatoms. The summed E-state index contributed by atoms with van der Waals surface area (Å²) < 4.78 is 16.9. The van der Waals surface area contributed by atoms with Crippen molar-refractivity contribution in [2.75, 3.05) is 26.9 Å². The van der Waals surface area contributed by atoms with Gasteiger partial charge < -0.3 is 19.5 Å². The highest BCUT2D eigenvalue weighted by Crippen LogP contribution is 2.35. The number of fused-ring (bicyclic) bond motifs is 1. The molecule has 0 spiro atoms. The van der Waals surface area contributed by atoms with Gasteiger partial charge >= 0.3 is 0 Å². The fourth-order valence-electron chi connectivity index (χ4n) is 2.28. The van der Waals surface area contributed by atoms with Crippen LogP contribution in [0.1, 0.15) is 45.2 Å². The molecule has 2 rings (SSSR count). The lowest BCUT2D eigenvalue weighted by Gasteiger charge is -2.22. The van der Waals surface area contributed by atoms with E-state index in [1.807, 2.05) is 12.1 Å². The van der Waals surface area contributed by atoms with Crippen molar-refractivity contribution in [2.45, 2.75) is 45.3 Å². The largest absolute Gasteiger partial charge is 0.493 e. The first-order chi connectivity index (χ1) is 10.1. The van der Waals surface area contributed by atoms with Gasteiger partial charge in [0.1, 0.15) is 18.1 Å². The SMILES string of the molecule is CCCNC1COc2cc(OCCC(C)(C)OC)ccc21. The number of nitrogens with one attached hydrogen (secondary N) is 1. The third-order valence-corrected chi connectivity index (χ3v) is 3.93. The maximum Gasteiger partial charge on any atom is 0.127 e. The van der Waals surface area contributed by atoms with Crippen molar-refractivity contribution in [1.29, 1.82) is 0 Å². The van der Waals surface area contributed by atoms with Crippen LogP contribution in [0.15, 0.2) is 18.2 Å². The third-order valence-electron chi connectivity index (χ3n) is 3.93. The van der Waals surface area contributed by atoms with Gasteiger partial charge in [-0.05, 0) is 38.9 Å². The van der Waals surface area contributed by atoms with Crippen molar-refractivity contribution in [3.05, 3.63) is 23.8 Å². The molecule has 0 aliphatic carbocycles. The van der Waals surface area contributed by atoms with Gasteiger partial charge in [0.15, 0.2) is 0 Å². The fourth-order valence-corrected chi connectivity index (χ4v) is 2.28. The van der Waals surface area contributed by atoms with Gasteiger partial charge in [0.05, 0.1) is 18.2 Å². The van der Waals surface area contributed by atoms with E-state index in [9.17, 15) is 0 Å². The predicted molar refractivity (Wildman–Crippen MR) is 84.2 cm³/mol. The van der Waals surface area contributed by atoms with Crippen LogP contribution in [0.3, 0.4) is 0 Å². The summed E-state index contributed by atoms with van der Waals surface area (Å²) >= 11 is 0. The highest BCUT2D eigenvalue weighted by atomic mass is 16.5. The van der Waals surface area contributed by atoms with E-state index >= 15 is 0 Å². The zero-order valence-electron chi connectivity index (χ0n) is 13.6. The van der Waals surface area contributed by atoms with Crippen molar-refractivity contribution in [2.24, 2.45) is 0 Å². The van der Waals surface area contributed by atoms with E-state index < -0.39 is 0 Å². The quantitative estimate of drug-likeness (QED) is 0.798. The first-order valence-electron chi connectivity index (χ1n) is 7.74. The molecule has 0 fully saturated rings. The topological polar surface area (TPSA) is 39.7 Å². The fraction of sp³-hybridized carbons (Fsp3) is 0.647. The molecule has 1 aromatic carbocycles. The van der Waals surface area contributed by atoms with Crippen molar-refractivity contribution in [3.63, 3.8) is 0 Å². The van der Waals surface area contributed by atoms with Gasteiger partial charge in [0.25, 0.3) is 0 Å². The van der Waals surface area contributed by atoms with E-state index in [2.05, 4.69) is 32.2 Å². The summed E-state index contributed by atoms with van der Waals surface area (Å²) in [5.74, 6) is 1.80. The van der Waals surface area contributed by atoms with Crippen molar-refractivity contribution >= 4 is 0 Å². The molecule has 4 nitrogen and oxygen atoms in total. The van der Waals surface area contributed by atoms with Gasteiger partial charge in [0.2, 0.25) is 0 Å². The first-order valence-corrected chi connectivity index (χ1v) is 7.74. The van der Waals surface area contributed by atoms with Gasteiger partial charge in [-0.25, -0.2) is 0 Å². The maximum absolute atomic E-state index is 5.80. The molecule has 0 aromatic heterocycles. The van der Waals surface area contributed by atoms with Crippen LogP contribution in [-0.4, -0.2) is 32.5 Å². The van der Waals surface area contributed by atoms with Gasteiger partial charge in [-0.15, -0.1) is 0 Å². The average Bonchev–Trinajstić information content (AvgIpc) is 2.87. The molecule has 0 saturated carbocycles. The number of methoxy groups -OCH3 is 1. The second-order valence-electron chi connectivity index (χ2n) is 6.08. The molecule has 0 radical (unpaired) electrons. The zero-order chi connectivity index (χ0) is 15.3. The molecule has 0 bridgehead atoms. The van der Waals surface area contributed by atoms with E-state index in [1.54, 1.807) is 7.11 Å². The van der Waals surface area contributed by atoms with Crippen LogP contribution in [0.2, 0.25) is 0 Å². The molecule has 1 aliphatic rings. The van der Waals surface area contributed by atoms with Crippen LogP contribution in [0.4, 0.5) is 0 Å². The van der Waals surface area contributed by atoms with E-state index in [4.69, 9.17) is 14.2 Å². The van der Waals surface area contributed by atoms with Gasteiger partial charge in [-0.3, -0.25) is 0 Å². The Balaban J connectivity index is 1.90. The molecule has 1 heterocycles. The predicted octanol–water partition coefficient (Wildman–Crippen LogP) is 3.31. The Hall–Kier alpha value is -1.26. The monoisotopic (exact) mass is 293 g/mol. The summed E-state index contributed by atoms with van der Waals surface area (Å²) in [7, 11) is 1.73. The summed E-state index contributed by atoms with van der Waals surface area (Å²) in [4.78, 5) is 0. The summed E-state index contributed by atoms with van der Waals surface area (Å²) in [6.07, 6.45) is 1.98. The summed E-state index contributed by atoms with van der Waals surface area (Å²) in [6, 6.07) is 6.42. The van der Waals surface area contributed by atoms with Crippen LogP contribution in [0.5, 0.6) is 11.5 Å². The van der Waals surface area contributed by atoms with Crippen molar-refractivity contribution in [1.82, 2.24) is 5.32 Å². The minimum atomic E-state index is -0.150. The third kappa shape index (κ3) is 4.35. The number of ether oxygens (including phenoxy) is 3. The molecule has 21 heavy (non-hydrogen) atoms. The number of benzene rings is 1. The summed E-state index contributed by atoms with van der Waals surface area (Å²) in [6.45, 7) is 8.64. The molecule has 1 aromatic rings. The lowest BCUT2D eigenvalue weighted by atomic mass is 10.1. The molecule has 118 valence electrons. The normalized spacial score (nSPS) is 17.4. The van der Waals surface area contributed by atoms with Gasteiger partial charge in [-0.1, -0.05) is 6.92 Å². The Morgan fingerprint density at radius 3 is 2.90 bits per heavy atom. The number of hydrogen-bond donors (Lipinski definition) is 1. The van der Waals surface area contributed by atoms with Gasteiger partial charge in [-0.2, -0.15) is 0 Å². The molecular weight excluding hydrogens is 266 g/mol. The molecule has 1 N–H and O–H groups in total. The van der Waals surface area contributed by atoms with E-state index in [0.717, 1.165) is 30.9 Å². The number of hydrogen-bond acceptors (Lipinski definition) is 4. The number of rotatable bonds is 8. The van der Waals surface area contributed by atoms with Gasteiger partial charge in [0, 0.05) is 25.2 Å². The Bertz CT molecular complexity index is 459. The molecule has 1 aliphatic heterocycles. The Morgan fingerprint density at radius 2 is 2.19 bits per heavy atom.